The normalized spacial score (nSPS) is 20.3. The fraction of sp³-hybridized carbons (Fsp3) is 0.150. The number of rotatable bonds is 3. The molecular formula is C20H17BrN2OS. The molecule has 0 aliphatic carbocycles. The van der Waals surface area contributed by atoms with Crippen LogP contribution in [0.3, 0.4) is 0 Å². The third kappa shape index (κ3) is 3.54. The first-order chi connectivity index (χ1) is 12.2. The molecule has 25 heavy (non-hydrogen) atoms. The van der Waals surface area contributed by atoms with E-state index < -0.39 is 0 Å². The molecule has 2 aromatic carbocycles. The zero-order valence-electron chi connectivity index (χ0n) is 13.4. The lowest BCUT2D eigenvalue weighted by Gasteiger charge is -2.30. The highest BCUT2D eigenvalue weighted by Gasteiger charge is 2.27. The number of hydrogen-bond donors (Lipinski definition) is 2. The summed E-state index contributed by atoms with van der Waals surface area (Å²) in [5.41, 5.74) is 3.10. The predicted molar refractivity (Wildman–Crippen MR) is 106 cm³/mol. The van der Waals surface area contributed by atoms with Gasteiger partial charge >= 0.3 is 0 Å². The SMILES string of the molecule is Oc1ccccc1[C@@H]1CC(c2cccs2)=N[C@H](c2ccc(Br)cc2)N1. The minimum atomic E-state index is -0.136. The number of hydrogen-bond acceptors (Lipinski definition) is 4. The van der Waals surface area contributed by atoms with Crippen molar-refractivity contribution in [2.45, 2.75) is 18.6 Å². The number of nitrogens with one attached hydrogen (secondary N) is 1. The highest BCUT2D eigenvalue weighted by atomic mass is 79.9. The second kappa shape index (κ2) is 7.12. The van der Waals surface area contributed by atoms with Crippen LogP contribution in [0.1, 0.15) is 34.6 Å². The Balaban J connectivity index is 1.74. The van der Waals surface area contributed by atoms with E-state index in [1.54, 1.807) is 17.4 Å². The molecule has 0 saturated carbocycles. The van der Waals surface area contributed by atoms with Crippen molar-refractivity contribution in [2.24, 2.45) is 4.99 Å². The zero-order chi connectivity index (χ0) is 17.2. The minimum Gasteiger partial charge on any atom is -0.508 e. The van der Waals surface area contributed by atoms with E-state index >= 15 is 0 Å². The van der Waals surface area contributed by atoms with Crippen molar-refractivity contribution in [1.82, 2.24) is 5.32 Å². The quantitative estimate of drug-likeness (QED) is 0.601. The van der Waals surface area contributed by atoms with E-state index in [4.69, 9.17) is 4.99 Å². The molecule has 0 bridgehead atoms. The van der Waals surface area contributed by atoms with Crippen LogP contribution in [0.2, 0.25) is 0 Å². The third-order valence-corrected chi connectivity index (χ3v) is 5.79. The fourth-order valence-electron chi connectivity index (χ4n) is 3.09. The van der Waals surface area contributed by atoms with Crippen LogP contribution < -0.4 is 5.32 Å². The first kappa shape index (κ1) is 16.5. The standard InChI is InChI=1S/C20H17BrN2OS/c21-14-9-7-13(8-10-14)20-22-16(15-4-1-2-5-18(15)24)12-17(23-20)19-6-3-11-25-19/h1-11,16,20,22,24H,12H2/t16-,20+/m0/s1. The molecule has 0 saturated heterocycles. The molecule has 126 valence electrons. The van der Waals surface area contributed by atoms with Gasteiger partial charge in [0, 0.05) is 27.4 Å². The molecule has 4 rings (SSSR count). The van der Waals surface area contributed by atoms with E-state index in [2.05, 4.69) is 44.8 Å². The molecule has 5 heteroatoms. The second-order valence-electron chi connectivity index (χ2n) is 5.99. The number of halogens is 1. The summed E-state index contributed by atoms with van der Waals surface area (Å²) in [4.78, 5) is 6.13. The van der Waals surface area contributed by atoms with Gasteiger partial charge in [0.2, 0.25) is 0 Å². The first-order valence-electron chi connectivity index (χ1n) is 8.10. The van der Waals surface area contributed by atoms with E-state index in [0.29, 0.717) is 5.75 Å². The van der Waals surface area contributed by atoms with Gasteiger partial charge in [-0.3, -0.25) is 10.3 Å². The summed E-state index contributed by atoms with van der Waals surface area (Å²) < 4.78 is 1.05. The summed E-state index contributed by atoms with van der Waals surface area (Å²) in [7, 11) is 0. The number of benzene rings is 2. The molecule has 1 aromatic heterocycles. The van der Waals surface area contributed by atoms with Gasteiger partial charge in [0.05, 0.1) is 5.71 Å². The maximum atomic E-state index is 10.3. The Morgan fingerprint density at radius 3 is 2.56 bits per heavy atom. The lowest BCUT2D eigenvalue weighted by molar-refractivity contribution is 0.413. The van der Waals surface area contributed by atoms with Crippen molar-refractivity contribution < 1.29 is 5.11 Å². The lowest BCUT2D eigenvalue weighted by atomic mass is 9.96. The zero-order valence-corrected chi connectivity index (χ0v) is 15.8. The molecule has 2 atom stereocenters. The van der Waals surface area contributed by atoms with E-state index in [-0.39, 0.29) is 12.2 Å². The third-order valence-electron chi connectivity index (χ3n) is 4.34. The van der Waals surface area contributed by atoms with Crippen LogP contribution in [0.15, 0.2) is 75.5 Å². The number of phenols is 1. The van der Waals surface area contributed by atoms with Crippen molar-refractivity contribution in [3.8, 4) is 5.75 Å². The largest absolute Gasteiger partial charge is 0.508 e. The molecule has 1 aliphatic rings. The molecule has 0 spiro atoms. The Hall–Kier alpha value is -1.95. The summed E-state index contributed by atoms with van der Waals surface area (Å²) in [5.74, 6) is 0.321. The highest BCUT2D eigenvalue weighted by molar-refractivity contribution is 9.10. The molecule has 0 unspecified atom stereocenters. The molecular weight excluding hydrogens is 396 g/mol. The molecule has 2 N–H and O–H groups in total. The van der Waals surface area contributed by atoms with Crippen LogP contribution in [-0.2, 0) is 0 Å². The Morgan fingerprint density at radius 2 is 1.84 bits per heavy atom. The van der Waals surface area contributed by atoms with Gasteiger partial charge in [-0.2, -0.15) is 0 Å². The van der Waals surface area contributed by atoms with Gasteiger partial charge in [0.15, 0.2) is 0 Å². The molecule has 1 aliphatic heterocycles. The molecule has 3 aromatic rings. The van der Waals surface area contributed by atoms with Gasteiger partial charge in [0.1, 0.15) is 11.9 Å². The Labute approximate surface area is 159 Å². The van der Waals surface area contributed by atoms with Crippen LogP contribution in [-0.4, -0.2) is 10.8 Å². The van der Waals surface area contributed by atoms with Gasteiger partial charge in [0.25, 0.3) is 0 Å². The number of aliphatic imine (C=N–C) groups is 1. The summed E-state index contributed by atoms with van der Waals surface area (Å²) in [6, 6.07) is 19.9. The number of nitrogens with zero attached hydrogens (tertiary/aromatic N) is 1. The van der Waals surface area contributed by atoms with Gasteiger partial charge in [-0.1, -0.05) is 52.3 Å². The number of para-hydroxylation sites is 1. The maximum absolute atomic E-state index is 10.3. The van der Waals surface area contributed by atoms with Crippen molar-refractivity contribution in [3.63, 3.8) is 0 Å². The van der Waals surface area contributed by atoms with Crippen molar-refractivity contribution >= 4 is 33.0 Å². The molecule has 2 heterocycles. The van der Waals surface area contributed by atoms with Gasteiger partial charge in [-0.15, -0.1) is 11.3 Å². The van der Waals surface area contributed by atoms with Gasteiger partial charge in [-0.05, 0) is 35.2 Å². The first-order valence-corrected chi connectivity index (χ1v) is 9.78. The predicted octanol–water partition coefficient (Wildman–Crippen LogP) is 5.44. The number of phenolic OH excluding ortho intramolecular Hbond substituents is 1. The number of thiophene rings is 1. The Bertz CT molecular complexity index is 890. The van der Waals surface area contributed by atoms with Crippen molar-refractivity contribution in [2.75, 3.05) is 0 Å². The molecule has 0 fully saturated rings. The summed E-state index contributed by atoms with van der Waals surface area (Å²) >= 11 is 5.19. The lowest BCUT2D eigenvalue weighted by Crippen LogP contribution is -2.32. The van der Waals surface area contributed by atoms with E-state index in [1.165, 1.54) is 4.88 Å². The molecule has 3 nitrogen and oxygen atoms in total. The van der Waals surface area contributed by atoms with Crippen LogP contribution in [0, 0.1) is 0 Å². The average Bonchev–Trinajstić information content (AvgIpc) is 3.17. The second-order valence-corrected chi connectivity index (χ2v) is 7.85. The van der Waals surface area contributed by atoms with Crippen LogP contribution in [0.4, 0.5) is 0 Å². The Morgan fingerprint density at radius 1 is 1.04 bits per heavy atom. The monoisotopic (exact) mass is 412 g/mol. The fourth-order valence-corrected chi connectivity index (χ4v) is 4.09. The summed E-state index contributed by atoms with van der Waals surface area (Å²) in [5, 5.41) is 15.9. The molecule has 0 radical (unpaired) electrons. The van der Waals surface area contributed by atoms with Crippen LogP contribution in [0.5, 0.6) is 5.75 Å². The number of aromatic hydroxyl groups is 1. The molecule has 0 amide bonds. The van der Waals surface area contributed by atoms with Crippen molar-refractivity contribution in [1.29, 1.82) is 0 Å². The van der Waals surface area contributed by atoms with Crippen molar-refractivity contribution in [3.05, 3.63) is 86.5 Å². The van der Waals surface area contributed by atoms with Crippen LogP contribution in [0.25, 0.3) is 0 Å². The summed E-state index contributed by atoms with van der Waals surface area (Å²) in [6.45, 7) is 0. The van der Waals surface area contributed by atoms with E-state index in [9.17, 15) is 5.11 Å². The van der Waals surface area contributed by atoms with Gasteiger partial charge in [-0.25, -0.2) is 0 Å². The minimum absolute atomic E-state index is 0.0180. The van der Waals surface area contributed by atoms with Crippen LogP contribution >= 0.6 is 27.3 Å². The maximum Gasteiger partial charge on any atom is 0.126 e. The summed E-state index contributed by atoms with van der Waals surface area (Å²) in [6.07, 6.45) is 0.619. The van der Waals surface area contributed by atoms with Gasteiger partial charge < -0.3 is 5.11 Å². The topological polar surface area (TPSA) is 44.6 Å². The smallest absolute Gasteiger partial charge is 0.126 e. The van der Waals surface area contributed by atoms with E-state index in [0.717, 1.165) is 27.7 Å². The van der Waals surface area contributed by atoms with E-state index in [1.807, 2.05) is 36.4 Å². The Kier molecular flexibility index (Phi) is 4.70. The average molecular weight is 413 g/mol. The highest BCUT2D eigenvalue weighted by Crippen LogP contribution is 2.35.